The van der Waals surface area contributed by atoms with Gasteiger partial charge in [0.05, 0.1) is 10.6 Å². The minimum absolute atomic E-state index is 0.0288. The summed E-state index contributed by atoms with van der Waals surface area (Å²) in [6.07, 6.45) is 0. The summed E-state index contributed by atoms with van der Waals surface area (Å²) in [5, 5.41) is 0.413. The van der Waals surface area contributed by atoms with E-state index in [1.807, 2.05) is 4.90 Å². The van der Waals surface area contributed by atoms with E-state index in [9.17, 15) is 4.79 Å². The number of hydrogen-bond acceptors (Lipinski definition) is 3. The van der Waals surface area contributed by atoms with Gasteiger partial charge in [0.2, 0.25) is 0 Å². The summed E-state index contributed by atoms with van der Waals surface area (Å²) in [5.74, 6) is -0.0288. The molecule has 1 amide bonds. The van der Waals surface area contributed by atoms with Crippen molar-refractivity contribution in [3.8, 4) is 0 Å². The number of nitrogens with two attached hydrogens (primary N) is 1. The third-order valence-electron chi connectivity index (χ3n) is 4.16. The number of benzene rings is 2. The highest BCUT2D eigenvalue weighted by atomic mass is 35.5. The van der Waals surface area contributed by atoms with E-state index in [0.717, 1.165) is 13.1 Å². The molecule has 1 aliphatic heterocycles. The van der Waals surface area contributed by atoms with Crippen LogP contribution in [0.5, 0.6) is 0 Å². The van der Waals surface area contributed by atoms with Crippen LogP contribution in [0, 0.1) is 6.92 Å². The Morgan fingerprint density at radius 1 is 1.09 bits per heavy atom. The first-order chi connectivity index (χ1) is 11.0. The number of amides is 1. The van der Waals surface area contributed by atoms with Crippen molar-refractivity contribution in [2.75, 3.05) is 36.8 Å². The lowest BCUT2D eigenvalue weighted by molar-refractivity contribution is 0.0747. The summed E-state index contributed by atoms with van der Waals surface area (Å²) in [4.78, 5) is 16.8. The molecule has 3 rings (SSSR count). The third-order valence-corrected chi connectivity index (χ3v) is 4.47. The van der Waals surface area contributed by atoms with Gasteiger partial charge in [-0.05, 0) is 42.8 Å². The van der Waals surface area contributed by atoms with Gasteiger partial charge in [-0.2, -0.15) is 0 Å². The lowest BCUT2D eigenvalue weighted by Gasteiger charge is -2.36. The molecule has 2 aromatic carbocycles. The zero-order valence-corrected chi connectivity index (χ0v) is 13.9. The van der Waals surface area contributed by atoms with Crippen molar-refractivity contribution in [1.29, 1.82) is 0 Å². The number of hydrogen-bond donors (Lipinski definition) is 1. The van der Waals surface area contributed by atoms with Crippen LogP contribution >= 0.6 is 11.6 Å². The van der Waals surface area contributed by atoms with Crippen molar-refractivity contribution < 1.29 is 4.79 Å². The second-order valence-corrected chi connectivity index (χ2v) is 6.26. The Morgan fingerprint density at radius 2 is 1.83 bits per heavy atom. The van der Waals surface area contributed by atoms with Gasteiger partial charge < -0.3 is 15.5 Å². The zero-order valence-electron chi connectivity index (χ0n) is 13.1. The fraction of sp³-hybridized carbons (Fsp3) is 0.278. The lowest BCUT2D eigenvalue weighted by Crippen LogP contribution is -2.48. The van der Waals surface area contributed by atoms with E-state index < -0.39 is 0 Å². The molecule has 0 saturated carbocycles. The number of nitrogen functional groups attached to an aromatic ring is 1. The van der Waals surface area contributed by atoms with Crippen LogP contribution < -0.4 is 10.6 Å². The number of halogens is 1. The number of anilines is 2. The molecular weight excluding hydrogens is 310 g/mol. The Kier molecular flexibility index (Phi) is 4.44. The van der Waals surface area contributed by atoms with Crippen LogP contribution in [-0.2, 0) is 0 Å². The second-order valence-electron chi connectivity index (χ2n) is 5.86. The van der Waals surface area contributed by atoms with E-state index in [1.165, 1.54) is 11.3 Å². The van der Waals surface area contributed by atoms with Crippen LogP contribution in [0.1, 0.15) is 15.9 Å². The van der Waals surface area contributed by atoms with Crippen molar-refractivity contribution >= 4 is 28.9 Å². The zero-order chi connectivity index (χ0) is 16.4. The van der Waals surface area contributed by atoms with Crippen LogP contribution in [0.2, 0.25) is 5.02 Å². The number of aryl methyl sites for hydroxylation is 1. The van der Waals surface area contributed by atoms with Crippen LogP contribution in [0.4, 0.5) is 11.4 Å². The smallest absolute Gasteiger partial charge is 0.255 e. The van der Waals surface area contributed by atoms with Crippen LogP contribution in [0.25, 0.3) is 0 Å². The standard InChI is InChI=1S/C18H20ClN3O/c1-13-3-2-4-15(11-13)21-7-9-22(10-8-21)18(23)16-6-5-14(20)12-17(16)19/h2-6,11-12H,7-10,20H2,1H3. The highest BCUT2D eigenvalue weighted by molar-refractivity contribution is 6.34. The van der Waals surface area contributed by atoms with E-state index in [-0.39, 0.29) is 5.91 Å². The summed E-state index contributed by atoms with van der Waals surface area (Å²) in [6.45, 7) is 5.11. The monoisotopic (exact) mass is 329 g/mol. The van der Waals surface area contributed by atoms with Gasteiger partial charge in [0, 0.05) is 37.6 Å². The van der Waals surface area contributed by atoms with Crippen molar-refractivity contribution in [2.24, 2.45) is 0 Å². The first kappa shape index (κ1) is 15.7. The molecule has 0 atom stereocenters. The lowest BCUT2D eigenvalue weighted by atomic mass is 10.1. The molecule has 0 bridgehead atoms. The van der Waals surface area contributed by atoms with Crippen LogP contribution in [-0.4, -0.2) is 37.0 Å². The Labute approximate surface area is 141 Å². The summed E-state index contributed by atoms with van der Waals surface area (Å²) in [7, 11) is 0. The maximum Gasteiger partial charge on any atom is 0.255 e. The topological polar surface area (TPSA) is 49.6 Å². The van der Waals surface area contributed by atoms with Gasteiger partial charge in [0.25, 0.3) is 5.91 Å². The summed E-state index contributed by atoms with van der Waals surface area (Å²) in [6, 6.07) is 13.5. The van der Waals surface area contributed by atoms with Gasteiger partial charge in [-0.15, -0.1) is 0 Å². The van der Waals surface area contributed by atoms with Crippen molar-refractivity contribution in [2.45, 2.75) is 6.92 Å². The van der Waals surface area contributed by atoms with E-state index in [1.54, 1.807) is 18.2 Å². The Morgan fingerprint density at radius 3 is 2.48 bits per heavy atom. The summed E-state index contributed by atoms with van der Waals surface area (Å²) in [5.41, 5.74) is 9.22. The van der Waals surface area contributed by atoms with Crippen LogP contribution in [0.15, 0.2) is 42.5 Å². The average molecular weight is 330 g/mol. The first-order valence-corrected chi connectivity index (χ1v) is 8.08. The Bertz CT molecular complexity index is 724. The molecule has 0 radical (unpaired) electrons. The highest BCUT2D eigenvalue weighted by Gasteiger charge is 2.23. The Balaban J connectivity index is 1.68. The number of rotatable bonds is 2. The second kappa shape index (κ2) is 6.50. The molecule has 0 spiro atoms. The van der Waals surface area contributed by atoms with Gasteiger partial charge in [0.15, 0.2) is 0 Å². The molecule has 0 unspecified atom stereocenters. The normalized spacial score (nSPS) is 14.9. The predicted octanol–water partition coefficient (Wildman–Crippen LogP) is 3.19. The highest BCUT2D eigenvalue weighted by Crippen LogP contribution is 2.23. The first-order valence-electron chi connectivity index (χ1n) is 7.70. The van der Waals surface area contributed by atoms with E-state index in [0.29, 0.717) is 29.4 Å². The van der Waals surface area contributed by atoms with E-state index in [2.05, 4.69) is 36.1 Å². The van der Waals surface area contributed by atoms with Crippen molar-refractivity contribution in [3.05, 3.63) is 58.6 Å². The van der Waals surface area contributed by atoms with Gasteiger partial charge in [-0.25, -0.2) is 0 Å². The fourth-order valence-electron chi connectivity index (χ4n) is 2.87. The van der Waals surface area contributed by atoms with Gasteiger partial charge in [-0.3, -0.25) is 4.79 Å². The minimum atomic E-state index is -0.0288. The Hall–Kier alpha value is -2.20. The number of piperazine rings is 1. The van der Waals surface area contributed by atoms with E-state index in [4.69, 9.17) is 17.3 Å². The quantitative estimate of drug-likeness (QED) is 0.861. The molecule has 5 heteroatoms. The molecule has 2 N–H and O–H groups in total. The molecule has 2 aromatic rings. The molecule has 4 nitrogen and oxygen atoms in total. The summed E-state index contributed by atoms with van der Waals surface area (Å²) >= 11 is 6.15. The molecule has 23 heavy (non-hydrogen) atoms. The predicted molar refractivity (Wildman–Crippen MR) is 95.2 cm³/mol. The van der Waals surface area contributed by atoms with Crippen LogP contribution in [0.3, 0.4) is 0 Å². The number of carbonyl (C=O) groups excluding carboxylic acids is 1. The SMILES string of the molecule is Cc1cccc(N2CCN(C(=O)c3ccc(N)cc3Cl)CC2)c1. The van der Waals surface area contributed by atoms with E-state index >= 15 is 0 Å². The number of nitrogens with zero attached hydrogens (tertiary/aromatic N) is 2. The summed E-state index contributed by atoms with van der Waals surface area (Å²) < 4.78 is 0. The van der Waals surface area contributed by atoms with Crippen molar-refractivity contribution in [3.63, 3.8) is 0 Å². The number of carbonyl (C=O) groups is 1. The van der Waals surface area contributed by atoms with Gasteiger partial charge in [0.1, 0.15) is 0 Å². The minimum Gasteiger partial charge on any atom is -0.399 e. The molecule has 0 aromatic heterocycles. The van der Waals surface area contributed by atoms with Crippen molar-refractivity contribution in [1.82, 2.24) is 4.90 Å². The maximum atomic E-state index is 12.6. The van der Waals surface area contributed by atoms with Gasteiger partial charge in [-0.1, -0.05) is 23.7 Å². The molecular formula is C18H20ClN3O. The molecule has 1 aliphatic rings. The molecule has 0 aliphatic carbocycles. The third kappa shape index (κ3) is 3.42. The molecule has 1 fully saturated rings. The van der Waals surface area contributed by atoms with Gasteiger partial charge >= 0.3 is 0 Å². The molecule has 1 heterocycles. The maximum absolute atomic E-state index is 12.6. The molecule has 120 valence electrons. The average Bonchev–Trinajstić information content (AvgIpc) is 2.54. The molecule has 1 saturated heterocycles. The fourth-order valence-corrected chi connectivity index (χ4v) is 3.14. The largest absolute Gasteiger partial charge is 0.399 e.